The minimum atomic E-state index is 0.0882. The number of aliphatic hydroxyl groups excluding tert-OH is 1. The summed E-state index contributed by atoms with van der Waals surface area (Å²) in [4.78, 5) is 6.73. The molecule has 0 saturated heterocycles. The van der Waals surface area contributed by atoms with Crippen LogP contribution in [0.4, 0.5) is 5.82 Å². The fourth-order valence-electron chi connectivity index (χ4n) is 1.86. The predicted octanol–water partition coefficient (Wildman–Crippen LogP) is 2.20. The van der Waals surface area contributed by atoms with E-state index in [1.807, 2.05) is 12.1 Å². The molecule has 3 heteroatoms. The Morgan fingerprint density at radius 1 is 1.50 bits per heavy atom. The van der Waals surface area contributed by atoms with E-state index < -0.39 is 0 Å². The SMILES string of the molecule is CC(C)N(CC1CC1)c1cc(CO)ccn1. The van der Waals surface area contributed by atoms with Crippen molar-refractivity contribution in [2.45, 2.75) is 39.3 Å². The van der Waals surface area contributed by atoms with Crippen molar-refractivity contribution in [1.29, 1.82) is 0 Å². The highest BCUT2D eigenvalue weighted by molar-refractivity contribution is 5.42. The second-order valence-corrected chi connectivity index (χ2v) is 4.87. The lowest BCUT2D eigenvalue weighted by atomic mass is 10.2. The van der Waals surface area contributed by atoms with Gasteiger partial charge in [0, 0.05) is 18.8 Å². The van der Waals surface area contributed by atoms with Crippen molar-refractivity contribution >= 4 is 5.82 Å². The average Bonchev–Trinajstić information content (AvgIpc) is 3.09. The Balaban J connectivity index is 2.15. The first-order valence-electron chi connectivity index (χ1n) is 6.03. The molecular weight excluding hydrogens is 200 g/mol. The minimum Gasteiger partial charge on any atom is -0.392 e. The average molecular weight is 220 g/mol. The van der Waals surface area contributed by atoms with Crippen molar-refractivity contribution in [2.24, 2.45) is 5.92 Å². The Kier molecular flexibility index (Phi) is 3.44. The summed E-state index contributed by atoms with van der Waals surface area (Å²) in [6.07, 6.45) is 4.48. The zero-order chi connectivity index (χ0) is 11.5. The van der Waals surface area contributed by atoms with Gasteiger partial charge in [0.15, 0.2) is 0 Å². The van der Waals surface area contributed by atoms with Crippen molar-refractivity contribution in [1.82, 2.24) is 4.98 Å². The van der Waals surface area contributed by atoms with E-state index in [0.717, 1.165) is 23.8 Å². The largest absolute Gasteiger partial charge is 0.392 e. The third-order valence-electron chi connectivity index (χ3n) is 3.06. The summed E-state index contributed by atoms with van der Waals surface area (Å²) >= 11 is 0. The first-order chi connectivity index (χ1) is 7.70. The third-order valence-corrected chi connectivity index (χ3v) is 3.06. The predicted molar refractivity (Wildman–Crippen MR) is 65.4 cm³/mol. The van der Waals surface area contributed by atoms with E-state index in [2.05, 4.69) is 23.7 Å². The molecular formula is C13H20N2O. The van der Waals surface area contributed by atoms with E-state index in [-0.39, 0.29) is 6.61 Å². The summed E-state index contributed by atoms with van der Waals surface area (Å²) in [6.45, 7) is 5.57. The molecule has 1 fully saturated rings. The van der Waals surface area contributed by atoms with E-state index >= 15 is 0 Å². The molecule has 1 heterocycles. The van der Waals surface area contributed by atoms with Crippen LogP contribution in [-0.2, 0) is 6.61 Å². The lowest BCUT2D eigenvalue weighted by molar-refractivity contribution is 0.281. The zero-order valence-corrected chi connectivity index (χ0v) is 10.1. The van der Waals surface area contributed by atoms with Crippen LogP contribution in [0, 0.1) is 5.92 Å². The highest BCUT2D eigenvalue weighted by atomic mass is 16.3. The van der Waals surface area contributed by atoms with Gasteiger partial charge in [0.1, 0.15) is 5.82 Å². The first-order valence-corrected chi connectivity index (χ1v) is 6.03. The van der Waals surface area contributed by atoms with E-state index in [0.29, 0.717) is 6.04 Å². The smallest absolute Gasteiger partial charge is 0.129 e. The molecule has 0 atom stereocenters. The Labute approximate surface area is 97.1 Å². The van der Waals surface area contributed by atoms with Crippen molar-refractivity contribution < 1.29 is 5.11 Å². The molecule has 16 heavy (non-hydrogen) atoms. The molecule has 0 radical (unpaired) electrons. The van der Waals surface area contributed by atoms with Gasteiger partial charge in [0.2, 0.25) is 0 Å². The van der Waals surface area contributed by atoms with Gasteiger partial charge in [-0.1, -0.05) is 0 Å². The Morgan fingerprint density at radius 3 is 2.81 bits per heavy atom. The van der Waals surface area contributed by atoms with Gasteiger partial charge < -0.3 is 10.0 Å². The molecule has 88 valence electrons. The van der Waals surface area contributed by atoms with Crippen LogP contribution in [0.25, 0.3) is 0 Å². The summed E-state index contributed by atoms with van der Waals surface area (Å²) in [6, 6.07) is 4.31. The lowest BCUT2D eigenvalue weighted by Crippen LogP contribution is -2.33. The van der Waals surface area contributed by atoms with E-state index in [9.17, 15) is 0 Å². The standard InChI is InChI=1S/C13H20N2O/c1-10(2)15(8-11-3-4-11)13-7-12(9-16)5-6-14-13/h5-7,10-11,16H,3-4,8-9H2,1-2H3. The van der Waals surface area contributed by atoms with E-state index in [1.54, 1.807) is 6.20 Å². The molecule has 0 bridgehead atoms. The third kappa shape index (κ3) is 2.73. The van der Waals surface area contributed by atoms with Crippen molar-refractivity contribution in [3.63, 3.8) is 0 Å². The van der Waals surface area contributed by atoms with Crippen LogP contribution in [0.3, 0.4) is 0 Å². The van der Waals surface area contributed by atoms with Gasteiger partial charge in [0.25, 0.3) is 0 Å². The Bertz CT molecular complexity index is 348. The highest BCUT2D eigenvalue weighted by Gasteiger charge is 2.26. The van der Waals surface area contributed by atoms with Gasteiger partial charge in [-0.25, -0.2) is 4.98 Å². The second-order valence-electron chi connectivity index (χ2n) is 4.87. The van der Waals surface area contributed by atoms with Gasteiger partial charge in [0.05, 0.1) is 6.61 Å². The fraction of sp³-hybridized carbons (Fsp3) is 0.615. The lowest BCUT2D eigenvalue weighted by Gasteiger charge is -2.28. The molecule has 2 rings (SSSR count). The van der Waals surface area contributed by atoms with Crippen molar-refractivity contribution in [2.75, 3.05) is 11.4 Å². The van der Waals surface area contributed by atoms with Crippen molar-refractivity contribution in [3.8, 4) is 0 Å². The van der Waals surface area contributed by atoms with Gasteiger partial charge in [-0.2, -0.15) is 0 Å². The molecule has 1 aromatic heterocycles. The molecule has 1 aliphatic carbocycles. The number of aliphatic hydroxyl groups is 1. The molecule has 1 N–H and O–H groups in total. The Hall–Kier alpha value is -1.09. The maximum absolute atomic E-state index is 9.13. The molecule has 0 spiro atoms. The van der Waals surface area contributed by atoms with Crippen molar-refractivity contribution in [3.05, 3.63) is 23.9 Å². The van der Waals surface area contributed by atoms with Crippen LogP contribution in [0.1, 0.15) is 32.3 Å². The number of aromatic nitrogens is 1. The van der Waals surface area contributed by atoms with Crippen LogP contribution in [0.2, 0.25) is 0 Å². The van der Waals surface area contributed by atoms with Crippen LogP contribution < -0.4 is 4.90 Å². The summed E-state index contributed by atoms with van der Waals surface area (Å²) in [5.74, 6) is 1.84. The van der Waals surface area contributed by atoms with E-state index in [4.69, 9.17) is 5.11 Å². The summed E-state index contributed by atoms with van der Waals surface area (Å²) in [7, 11) is 0. The summed E-state index contributed by atoms with van der Waals surface area (Å²) in [5.41, 5.74) is 0.937. The van der Waals surface area contributed by atoms with Crippen LogP contribution in [0.15, 0.2) is 18.3 Å². The molecule has 0 unspecified atom stereocenters. The molecule has 0 amide bonds. The highest BCUT2D eigenvalue weighted by Crippen LogP contribution is 2.31. The summed E-state index contributed by atoms with van der Waals surface area (Å²) in [5, 5.41) is 9.13. The quantitative estimate of drug-likeness (QED) is 0.826. The monoisotopic (exact) mass is 220 g/mol. The normalized spacial score (nSPS) is 15.5. The maximum atomic E-state index is 9.13. The van der Waals surface area contributed by atoms with Gasteiger partial charge in [-0.3, -0.25) is 0 Å². The number of rotatable bonds is 5. The molecule has 0 aliphatic heterocycles. The molecule has 1 aliphatic rings. The zero-order valence-electron chi connectivity index (χ0n) is 10.1. The number of hydrogen-bond acceptors (Lipinski definition) is 3. The number of nitrogens with zero attached hydrogens (tertiary/aromatic N) is 2. The molecule has 1 aromatic rings. The van der Waals surface area contributed by atoms with E-state index in [1.165, 1.54) is 12.8 Å². The second kappa shape index (κ2) is 4.83. The Morgan fingerprint density at radius 2 is 2.25 bits per heavy atom. The van der Waals surface area contributed by atoms with Crippen LogP contribution in [0.5, 0.6) is 0 Å². The van der Waals surface area contributed by atoms with Crippen LogP contribution in [-0.4, -0.2) is 22.7 Å². The summed E-state index contributed by atoms with van der Waals surface area (Å²) < 4.78 is 0. The number of pyridine rings is 1. The maximum Gasteiger partial charge on any atom is 0.129 e. The topological polar surface area (TPSA) is 36.4 Å². The molecule has 3 nitrogen and oxygen atoms in total. The van der Waals surface area contributed by atoms with Crippen LogP contribution >= 0.6 is 0 Å². The number of anilines is 1. The fourth-order valence-corrected chi connectivity index (χ4v) is 1.86. The number of hydrogen-bond donors (Lipinski definition) is 1. The van der Waals surface area contributed by atoms with Gasteiger partial charge in [-0.05, 0) is 50.3 Å². The molecule has 0 aromatic carbocycles. The van der Waals surface area contributed by atoms with Gasteiger partial charge >= 0.3 is 0 Å². The van der Waals surface area contributed by atoms with Gasteiger partial charge in [-0.15, -0.1) is 0 Å². The minimum absolute atomic E-state index is 0.0882. The first kappa shape index (κ1) is 11.4. The molecule has 1 saturated carbocycles.